The molecule has 0 unspecified atom stereocenters. The van der Waals surface area contributed by atoms with Crippen LogP contribution < -0.4 is 10.6 Å². The fourth-order valence-electron chi connectivity index (χ4n) is 2.49. The first-order valence-electron chi connectivity index (χ1n) is 8.47. The zero-order valence-electron chi connectivity index (χ0n) is 14.3. The summed E-state index contributed by atoms with van der Waals surface area (Å²) in [6.07, 6.45) is 2.21. The summed E-state index contributed by atoms with van der Waals surface area (Å²) in [7, 11) is 0. The van der Waals surface area contributed by atoms with Gasteiger partial charge in [-0.3, -0.25) is 4.79 Å². The van der Waals surface area contributed by atoms with Gasteiger partial charge in [-0.1, -0.05) is 42.5 Å². The Morgan fingerprint density at radius 2 is 1.69 bits per heavy atom. The Balaban J connectivity index is 1.46. The summed E-state index contributed by atoms with van der Waals surface area (Å²) in [6.45, 7) is 1.16. The summed E-state index contributed by atoms with van der Waals surface area (Å²) in [5, 5.41) is 6.07. The molecule has 0 aliphatic heterocycles. The minimum absolute atomic E-state index is 0.172. The van der Waals surface area contributed by atoms with E-state index in [1.54, 1.807) is 30.5 Å². The van der Waals surface area contributed by atoms with Crippen molar-refractivity contribution < 1.29 is 9.18 Å². The highest BCUT2D eigenvalue weighted by Crippen LogP contribution is 2.08. The molecule has 1 amide bonds. The lowest BCUT2D eigenvalue weighted by molar-refractivity contribution is 0.0954. The Morgan fingerprint density at radius 1 is 0.923 bits per heavy atom. The highest BCUT2D eigenvalue weighted by Gasteiger charge is 2.06. The van der Waals surface area contributed by atoms with Crippen LogP contribution in [0.15, 0.2) is 72.9 Å². The molecule has 26 heavy (non-hydrogen) atoms. The molecule has 0 radical (unpaired) electrons. The third kappa shape index (κ3) is 5.14. The standard InChI is InChI=1S/C21H20FN3O/c22-19-9-6-16(7-10-19)12-13-23-21(26)18-8-11-20(25-15-18)24-14-17-4-2-1-3-5-17/h1-11,15H,12-14H2,(H,23,26)(H,24,25). The van der Waals surface area contributed by atoms with Crippen molar-refractivity contribution in [2.45, 2.75) is 13.0 Å². The average molecular weight is 349 g/mol. The molecular formula is C21H20FN3O. The largest absolute Gasteiger partial charge is 0.366 e. The van der Waals surface area contributed by atoms with Gasteiger partial charge in [0.05, 0.1) is 5.56 Å². The van der Waals surface area contributed by atoms with Gasteiger partial charge in [0.25, 0.3) is 5.91 Å². The van der Waals surface area contributed by atoms with E-state index in [-0.39, 0.29) is 11.7 Å². The van der Waals surface area contributed by atoms with Gasteiger partial charge in [0.1, 0.15) is 11.6 Å². The van der Waals surface area contributed by atoms with Crippen LogP contribution >= 0.6 is 0 Å². The van der Waals surface area contributed by atoms with Crippen LogP contribution in [-0.4, -0.2) is 17.4 Å². The molecule has 5 heteroatoms. The van der Waals surface area contributed by atoms with Crippen LogP contribution in [0.4, 0.5) is 10.2 Å². The molecule has 4 nitrogen and oxygen atoms in total. The number of rotatable bonds is 7. The maximum atomic E-state index is 12.9. The Morgan fingerprint density at radius 3 is 2.38 bits per heavy atom. The number of carbonyl (C=O) groups is 1. The first kappa shape index (κ1) is 17.6. The minimum Gasteiger partial charge on any atom is -0.366 e. The molecule has 0 fully saturated rings. The predicted octanol–water partition coefficient (Wildman–Crippen LogP) is 3.81. The number of halogens is 1. The Labute approximate surface area is 152 Å². The number of hydrogen-bond donors (Lipinski definition) is 2. The lowest BCUT2D eigenvalue weighted by Crippen LogP contribution is -2.25. The molecule has 1 heterocycles. The van der Waals surface area contributed by atoms with Crippen molar-refractivity contribution in [3.8, 4) is 0 Å². The van der Waals surface area contributed by atoms with Gasteiger partial charge in [-0.15, -0.1) is 0 Å². The highest BCUT2D eigenvalue weighted by atomic mass is 19.1. The monoisotopic (exact) mass is 349 g/mol. The molecule has 3 aromatic rings. The molecule has 132 valence electrons. The molecule has 3 rings (SSSR count). The Hall–Kier alpha value is -3.21. The molecule has 2 aromatic carbocycles. The van der Waals surface area contributed by atoms with Gasteiger partial charge in [-0.2, -0.15) is 0 Å². The number of hydrogen-bond acceptors (Lipinski definition) is 3. The van der Waals surface area contributed by atoms with Gasteiger partial charge in [-0.25, -0.2) is 9.37 Å². The second-order valence-electron chi connectivity index (χ2n) is 5.90. The highest BCUT2D eigenvalue weighted by molar-refractivity contribution is 5.94. The zero-order chi connectivity index (χ0) is 18.2. The van der Waals surface area contributed by atoms with Crippen LogP contribution in [0.2, 0.25) is 0 Å². The summed E-state index contributed by atoms with van der Waals surface area (Å²) in [4.78, 5) is 16.4. The molecular weight excluding hydrogens is 329 g/mol. The number of nitrogens with one attached hydrogen (secondary N) is 2. The van der Waals surface area contributed by atoms with Crippen molar-refractivity contribution in [1.82, 2.24) is 10.3 Å². The Kier molecular flexibility index (Phi) is 5.93. The van der Waals surface area contributed by atoms with E-state index >= 15 is 0 Å². The summed E-state index contributed by atoms with van der Waals surface area (Å²) in [5.41, 5.74) is 2.65. The van der Waals surface area contributed by atoms with Gasteiger partial charge >= 0.3 is 0 Å². The number of nitrogens with zero attached hydrogens (tertiary/aromatic N) is 1. The summed E-state index contributed by atoms with van der Waals surface area (Å²) < 4.78 is 12.9. The topological polar surface area (TPSA) is 54.0 Å². The van der Waals surface area contributed by atoms with Gasteiger partial charge < -0.3 is 10.6 Å². The van der Waals surface area contributed by atoms with E-state index in [9.17, 15) is 9.18 Å². The van der Waals surface area contributed by atoms with E-state index in [1.807, 2.05) is 30.3 Å². The number of amides is 1. The van der Waals surface area contributed by atoms with Crippen molar-refractivity contribution in [1.29, 1.82) is 0 Å². The van der Waals surface area contributed by atoms with Gasteiger partial charge in [-0.05, 0) is 41.8 Å². The molecule has 0 aliphatic rings. The van der Waals surface area contributed by atoms with Crippen molar-refractivity contribution in [3.63, 3.8) is 0 Å². The van der Waals surface area contributed by atoms with Gasteiger partial charge in [0, 0.05) is 19.3 Å². The number of anilines is 1. The maximum Gasteiger partial charge on any atom is 0.252 e. The third-order valence-corrected chi connectivity index (χ3v) is 3.95. The maximum absolute atomic E-state index is 12.9. The molecule has 0 atom stereocenters. The van der Waals surface area contributed by atoms with Crippen molar-refractivity contribution in [2.75, 3.05) is 11.9 Å². The van der Waals surface area contributed by atoms with Crippen LogP contribution in [0.5, 0.6) is 0 Å². The SMILES string of the molecule is O=C(NCCc1ccc(F)cc1)c1ccc(NCc2ccccc2)nc1. The molecule has 1 aromatic heterocycles. The van der Waals surface area contributed by atoms with Crippen LogP contribution in [0.1, 0.15) is 21.5 Å². The minimum atomic E-state index is -0.259. The molecule has 0 saturated heterocycles. The normalized spacial score (nSPS) is 10.3. The molecule has 0 spiro atoms. The molecule has 0 saturated carbocycles. The third-order valence-electron chi connectivity index (χ3n) is 3.95. The smallest absolute Gasteiger partial charge is 0.252 e. The predicted molar refractivity (Wildman–Crippen MR) is 100 cm³/mol. The van der Waals surface area contributed by atoms with E-state index in [0.29, 0.717) is 25.1 Å². The van der Waals surface area contributed by atoms with Crippen molar-refractivity contribution in [2.24, 2.45) is 0 Å². The van der Waals surface area contributed by atoms with Gasteiger partial charge in [0.2, 0.25) is 0 Å². The number of pyridine rings is 1. The summed E-state index contributed by atoms with van der Waals surface area (Å²) in [5.74, 6) is 0.288. The zero-order valence-corrected chi connectivity index (χ0v) is 14.3. The van der Waals surface area contributed by atoms with Crippen LogP contribution in [0, 0.1) is 5.82 Å². The van der Waals surface area contributed by atoms with E-state index < -0.39 is 0 Å². The van der Waals surface area contributed by atoms with E-state index in [4.69, 9.17) is 0 Å². The lowest BCUT2D eigenvalue weighted by atomic mass is 10.1. The summed E-state index contributed by atoms with van der Waals surface area (Å²) >= 11 is 0. The number of benzene rings is 2. The quantitative estimate of drug-likeness (QED) is 0.682. The van der Waals surface area contributed by atoms with Crippen LogP contribution in [0.3, 0.4) is 0 Å². The van der Waals surface area contributed by atoms with Crippen molar-refractivity contribution >= 4 is 11.7 Å². The number of carbonyl (C=O) groups excluding carboxylic acids is 1. The molecule has 0 aliphatic carbocycles. The first-order chi connectivity index (χ1) is 12.7. The first-order valence-corrected chi connectivity index (χ1v) is 8.47. The van der Waals surface area contributed by atoms with E-state index in [0.717, 1.165) is 16.9 Å². The van der Waals surface area contributed by atoms with Crippen molar-refractivity contribution in [3.05, 3.63) is 95.4 Å². The lowest BCUT2D eigenvalue weighted by Gasteiger charge is -2.08. The fourth-order valence-corrected chi connectivity index (χ4v) is 2.49. The second kappa shape index (κ2) is 8.76. The Bertz CT molecular complexity index is 833. The fraction of sp³-hybridized carbons (Fsp3) is 0.143. The summed E-state index contributed by atoms with van der Waals surface area (Å²) in [6, 6.07) is 19.8. The van der Waals surface area contributed by atoms with Crippen LogP contribution in [-0.2, 0) is 13.0 Å². The number of aromatic nitrogens is 1. The van der Waals surface area contributed by atoms with Gasteiger partial charge in [0.15, 0.2) is 0 Å². The van der Waals surface area contributed by atoms with E-state index in [1.165, 1.54) is 12.1 Å². The second-order valence-corrected chi connectivity index (χ2v) is 5.90. The average Bonchev–Trinajstić information content (AvgIpc) is 2.69. The molecule has 2 N–H and O–H groups in total. The van der Waals surface area contributed by atoms with E-state index in [2.05, 4.69) is 15.6 Å². The van der Waals surface area contributed by atoms with Crippen LogP contribution in [0.25, 0.3) is 0 Å². The molecule has 0 bridgehead atoms.